The van der Waals surface area contributed by atoms with Crippen molar-refractivity contribution >= 4 is 27.5 Å². The van der Waals surface area contributed by atoms with Crippen molar-refractivity contribution in [3.63, 3.8) is 0 Å². The quantitative estimate of drug-likeness (QED) is 0.661. The molecule has 1 N–H and O–H groups in total. The lowest BCUT2D eigenvalue weighted by molar-refractivity contribution is 0.102. The van der Waals surface area contributed by atoms with E-state index < -0.39 is 0 Å². The van der Waals surface area contributed by atoms with E-state index >= 15 is 0 Å². The van der Waals surface area contributed by atoms with Gasteiger partial charge < -0.3 is 10.1 Å². The standard InChI is InChI=1S/C19H14BrNO2/c20-15-9-11-16(12-10-15)21-19(22)14-5-4-8-18(13-14)23-17-6-2-1-3-7-17/h1-13H,(H,21,22). The lowest BCUT2D eigenvalue weighted by Gasteiger charge is -2.08. The van der Waals surface area contributed by atoms with Gasteiger partial charge in [0.1, 0.15) is 11.5 Å². The maximum Gasteiger partial charge on any atom is 0.255 e. The first-order valence-corrected chi connectivity index (χ1v) is 7.90. The number of anilines is 1. The van der Waals surface area contributed by atoms with Crippen LogP contribution in [0.5, 0.6) is 11.5 Å². The fourth-order valence-corrected chi connectivity index (χ4v) is 2.33. The molecule has 23 heavy (non-hydrogen) atoms. The Bertz CT molecular complexity index is 801. The van der Waals surface area contributed by atoms with E-state index in [4.69, 9.17) is 4.74 Å². The van der Waals surface area contributed by atoms with Gasteiger partial charge in [0, 0.05) is 15.7 Å². The highest BCUT2D eigenvalue weighted by atomic mass is 79.9. The topological polar surface area (TPSA) is 38.3 Å². The van der Waals surface area contributed by atoms with Crippen molar-refractivity contribution in [3.8, 4) is 11.5 Å². The van der Waals surface area contributed by atoms with Crippen LogP contribution >= 0.6 is 15.9 Å². The Morgan fingerprint density at radius 3 is 2.26 bits per heavy atom. The molecular formula is C19H14BrNO2. The molecule has 0 unspecified atom stereocenters. The van der Waals surface area contributed by atoms with E-state index in [0.29, 0.717) is 11.3 Å². The molecule has 114 valence electrons. The van der Waals surface area contributed by atoms with Gasteiger partial charge in [0.2, 0.25) is 0 Å². The minimum atomic E-state index is -0.175. The summed E-state index contributed by atoms with van der Waals surface area (Å²) in [7, 11) is 0. The summed E-state index contributed by atoms with van der Waals surface area (Å²) in [6.45, 7) is 0. The smallest absolute Gasteiger partial charge is 0.255 e. The molecule has 0 saturated carbocycles. The highest BCUT2D eigenvalue weighted by molar-refractivity contribution is 9.10. The van der Waals surface area contributed by atoms with Crippen molar-refractivity contribution in [1.82, 2.24) is 0 Å². The number of hydrogen-bond donors (Lipinski definition) is 1. The van der Waals surface area contributed by atoms with Crippen molar-refractivity contribution in [2.24, 2.45) is 0 Å². The maximum absolute atomic E-state index is 12.3. The predicted molar refractivity (Wildman–Crippen MR) is 95.1 cm³/mol. The number of benzene rings is 3. The van der Waals surface area contributed by atoms with E-state index in [9.17, 15) is 4.79 Å². The minimum absolute atomic E-state index is 0.175. The molecule has 0 aromatic heterocycles. The first-order valence-electron chi connectivity index (χ1n) is 7.10. The van der Waals surface area contributed by atoms with Gasteiger partial charge in [-0.2, -0.15) is 0 Å². The maximum atomic E-state index is 12.3. The minimum Gasteiger partial charge on any atom is -0.457 e. The molecule has 0 spiro atoms. The van der Waals surface area contributed by atoms with Gasteiger partial charge in [0.15, 0.2) is 0 Å². The summed E-state index contributed by atoms with van der Waals surface area (Å²) < 4.78 is 6.72. The van der Waals surface area contributed by atoms with Crippen LogP contribution in [0.25, 0.3) is 0 Å². The van der Waals surface area contributed by atoms with Gasteiger partial charge >= 0.3 is 0 Å². The summed E-state index contributed by atoms with van der Waals surface area (Å²) in [6.07, 6.45) is 0. The average Bonchev–Trinajstić information content (AvgIpc) is 2.58. The zero-order valence-electron chi connectivity index (χ0n) is 12.2. The molecular weight excluding hydrogens is 354 g/mol. The number of ether oxygens (including phenoxy) is 1. The number of para-hydroxylation sites is 1. The Morgan fingerprint density at radius 2 is 1.52 bits per heavy atom. The molecule has 0 aliphatic heterocycles. The van der Waals surface area contributed by atoms with E-state index in [0.717, 1.165) is 15.9 Å². The van der Waals surface area contributed by atoms with E-state index in [-0.39, 0.29) is 5.91 Å². The van der Waals surface area contributed by atoms with Crippen LogP contribution in [0.1, 0.15) is 10.4 Å². The highest BCUT2D eigenvalue weighted by Crippen LogP contribution is 2.22. The van der Waals surface area contributed by atoms with Crippen LogP contribution in [0.15, 0.2) is 83.3 Å². The molecule has 0 saturated heterocycles. The molecule has 1 amide bonds. The van der Waals surface area contributed by atoms with Crippen LogP contribution in [0.3, 0.4) is 0 Å². The molecule has 3 nitrogen and oxygen atoms in total. The molecule has 3 aromatic rings. The third-order valence-electron chi connectivity index (χ3n) is 3.18. The van der Waals surface area contributed by atoms with Gasteiger partial charge in [-0.25, -0.2) is 0 Å². The molecule has 3 aromatic carbocycles. The molecule has 0 atom stereocenters. The second kappa shape index (κ2) is 7.11. The monoisotopic (exact) mass is 367 g/mol. The van der Waals surface area contributed by atoms with Gasteiger partial charge in [0.05, 0.1) is 0 Å². The van der Waals surface area contributed by atoms with Crippen molar-refractivity contribution in [3.05, 3.63) is 88.9 Å². The Kier molecular flexibility index (Phi) is 4.74. The van der Waals surface area contributed by atoms with Crippen LogP contribution < -0.4 is 10.1 Å². The number of halogens is 1. The normalized spacial score (nSPS) is 10.1. The lowest BCUT2D eigenvalue weighted by atomic mass is 10.2. The molecule has 0 heterocycles. The van der Waals surface area contributed by atoms with E-state index in [2.05, 4.69) is 21.2 Å². The SMILES string of the molecule is O=C(Nc1ccc(Br)cc1)c1cccc(Oc2ccccc2)c1. The summed E-state index contributed by atoms with van der Waals surface area (Å²) in [4.78, 5) is 12.3. The molecule has 0 aliphatic carbocycles. The van der Waals surface area contributed by atoms with Crippen molar-refractivity contribution < 1.29 is 9.53 Å². The molecule has 0 fully saturated rings. The largest absolute Gasteiger partial charge is 0.457 e. The van der Waals surface area contributed by atoms with Crippen molar-refractivity contribution in [1.29, 1.82) is 0 Å². The van der Waals surface area contributed by atoms with Gasteiger partial charge in [-0.15, -0.1) is 0 Å². The summed E-state index contributed by atoms with van der Waals surface area (Å²) in [5.41, 5.74) is 1.29. The van der Waals surface area contributed by atoms with Crippen LogP contribution in [-0.2, 0) is 0 Å². The second-order valence-electron chi connectivity index (χ2n) is 4.90. The third-order valence-corrected chi connectivity index (χ3v) is 3.71. The first-order chi connectivity index (χ1) is 11.2. The van der Waals surface area contributed by atoms with Gasteiger partial charge in [-0.1, -0.05) is 40.2 Å². The molecule has 0 bridgehead atoms. The number of carbonyl (C=O) groups is 1. The Labute approximate surface area is 143 Å². The predicted octanol–water partition coefficient (Wildman–Crippen LogP) is 5.49. The van der Waals surface area contributed by atoms with E-state index in [1.807, 2.05) is 60.7 Å². The average molecular weight is 368 g/mol. The van der Waals surface area contributed by atoms with Crippen LogP contribution in [-0.4, -0.2) is 5.91 Å². The van der Waals surface area contributed by atoms with Gasteiger partial charge in [-0.05, 0) is 54.6 Å². The zero-order valence-corrected chi connectivity index (χ0v) is 13.8. The Balaban J connectivity index is 1.73. The van der Waals surface area contributed by atoms with Crippen LogP contribution in [0.4, 0.5) is 5.69 Å². The summed E-state index contributed by atoms with van der Waals surface area (Å²) in [6, 6.07) is 24.0. The fraction of sp³-hybridized carbons (Fsp3) is 0. The fourth-order valence-electron chi connectivity index (χ4n) is 2.06. The molecule has 4 heteroatoms. The number of hydrogen-bond acceptors (Lipinski definition) is 2. The van der Waals surface area contributed by atoms with Crippen LogP contribution in [0, 0.1) is 0 Å². The van der Waals surface area contributed by atoms with Gasteiger partial charge in [0.25, 0.3) is 5.91 Å². The molecule has 0 aliphatic rings. The number of amides is 1. The lowest BCUT2D eigenvalue weighted by Crippen LogP contribution is -2.11. The summed E-state index contributed by atoms with van der Waals surface area (Å²) >= 11 is 3.37. The Hall–Kier alpha value is -2.59. The third kappa shape index (κ3) is 4.20. The molecule has 3 rings (SSSR count). The van der Waals surface area contributed by atoms with E-state index in [1.54, 1.807) is 18.2 Å². The van der Waals surface area contributed by atoms with Crippen molar-refractivity contribution in [2.75, 3.05) is 5.32 Å². The van der Waals surface area contributed by atoms with Gasteiger partial charge in [-0.3, -0.25) is 4.79 Å². The first kappa shape index (κ1) is 15.3. The summed E-state index contributed by atoms with van der Waals surface area (Å²) in [5, 5.41) is 2.86. The second-order valence-corrected chi connectivity index (χ2v) is 5.82. The molecule has 0 radical (unpaired) electrons. The summed E-state index contributed by atoms with van der Waals surface area (Å²) in [5.74, 6) is 1.18. The zero-order chi connectivity index (χ0) is 16.1. The Morgan fingerprint density at radius 1 is 0.826 bits per heavy atom. The van der Waals surface area contributed by atoms with Crippen molar-refractivity contribution in [2.45, 2.75) is 0 Å². The number of carbonyl (C=O) groups excluding carboxylic acids is 1. The van der Waals surface area contributed by atoms with Crippen LogP contribution in [0.2, 0.25) is 0 Å². The number of nitrogens with one attached hydrogen (secondary N) is 1. The highest BCUT2D eigenvalue weighted by Gasteiger charge is 2.07. The van der Waals surface area contributed by atoms with E-state index in [1.165, 1.54) is 0 Å². The number of rotatable bonds is 4.